The SMILES string of the molecule is COc1ccc(SNc2c(/C=C\c3cc(OC)c(OC)c(OC)c3)ccc(OC)c2O)cc1OC. The molecule has 8 nitrogen and oxygen atoms in total. The number of phenols is 1. The summed E-state index contributed by atoms with van der Waals surface area (Å²) < 4.78 is 35.5. The number of hydrogen-bond acceptors (Lipinski definition) is 9. The smallest absolute Gasteiger partial charge is 0.203 e. The molecule has 0 heterocycles. The van der Waals surface area contributed by atoms with Crippen LogP contribution in [0, 0.1) is 0 Å². The van der Waals surface area contributed by atoms with E-state index >= 15 is 0 Å². The fourth-order valence-corrected chi connectivity index (χ4v) is 4.11. The number of ether oxygens (including phenoxy) is 6. The Morgan fingerprint density at radius 1 is 0.657 bits per heavy atom. The second kappa shape index (κ2) is 12.0. The predicted molar refractivity (Wildman–Crippen MR) is 139 cm³/mol. The summed E-state index contributed by atoms with van der Waals surface area (Å²) in [4.78, 5) is 0.865. The summed E-state index contributed by atoms with van der Waals surface area (Å²) in [6, 6.07) is 12.8. The van der Waals surface area contributed by atoms with Crippen molar-refractivity contribution in [3.8, 4) is 40.2 Å². The maximum Gasteiger partial charge on any atom is 0.203 e. The van der Waals surface area contributed by atoms with Crippen LogP contribution in [-0.4, -0.2) is 47.8 Å². The fourth-order valence-electron chi connectivity index (χ4n) is 3.37. The first-order valence-corrected chi connectivity index (χ1v) is 11.3. The van der Waals surface area contributed by atoms with Gasteiger partial charge in [-0.1, -0.05) is 12.2 Å². The highest BCUT2D eigenvalue weighted by atomic mass is 32.2. The van der Waals surface area contributed by atoms with Crippen molar-refractivity contribution in [2.45, 2.75) is 4.90 Å². The number of benzene rings is 3. The molecule has 2 N–H and O–H groups in total. The summed E-state index contributed by atoms with van der Waals surface area (Å²) in [5.74, 6) is 3.20. The summed E-state index contributed by atoms with van der Waals surface area (Å²) in [5, 5.41) is 10.8. The third-order valence-electron chi connectivity index (χ3n) is 5.16. The van der Waals surface area contributed by atoms with Crippen molar-refractivity contribution < 1.29 is 33.5 Å². The molecule has 0 saturated heterocycles. The number of aromatic hydroxyl groups is 1. The molecule has 35 heavy (non-hydrogen) atoms. The minimum atomic E-state index is -0.00693. The standard InChI is InChI=1S/C26H29NO7S/c1-29-19-12-10-18(15-21(19)31-3)35-27-24-17(9-11-20(30-2)25(24)28)8-7-16-13-22(32-4)26(34-6)23(14-16)33-5/h7-15,27-28H,1-6H3/b8-7-. The van der Waals surface area contributed by atoms with Crippen molar-refractivity contribution in [3.63, 3.8) is 0 Å². The fraction of sp³-hybridized carbons (Fsp3) is 0.231. The first-order valence-electron chi connectivity index (χ1n) is 10.5. The lowest BCUT2D eigenvalue weighted by molar-refractivity contribution is 0.324. The maximum atomic E-state index is 10.8. The zero-order valence-electron chi connectivity index (χ0n) is 20.5. The highest BCUT2D eigenvalue weighted by Gasteiger charge is 2.15. The van der Waals surface area contributed by atoms with E-state index in [0.717, 1.165) is 16.0 Å². The second-order valence-corrected chi connectivity index (χ2v) is 7.97. The van der Waals surface area contributed by atoms with Crippen molar-refractivity contribution in [2.75, 3.05) is 47.4 Å². The van der Waals surface area contributed by atoms with Crippen molar-refractivity contribution in [1.82, 2.24) is 0 Å². The van der Waals surface area contributed by atoms with E-state index in [1.165, 1.54) is 19.1 Å². The van der Waals surface area contributed by atoms with Gasteiger partial charge in [-0.15, -0.1) is 0 Å². The average Bonchev–Trinajstić information content (AvgIpc) is 2.90. The number of phenolic OH excluding ortho intramolecular Hbond substituents is 1. The van der Waals surface area contributed by atoms with Crippen LogP contribution < -0.4 is 33.1 Å². The summed E-state index contributed by atoms with van der Waals surface area (Å²) in [6.07, 6.45) is 3.76. The lowest BCUT2D eigenvalue weighted by Crippen LogP contribution is -1.96. The molecule has 0 fully saturated rings. The van der Waals surface area contributed by atoms with Gasteiger partial charge in [0.15, 0.2) is 34.5 Å². The molecule has 0 atom stereocenters. The molecule has 0 aliphatic rings. The normalized spacial score (nSPS) is 10.7. The second-order valence-electron chi connectivity index (χ2n) is 7.09. The average molecular weight is 500 g/mol. The first-order chi connectivity index (χ1) is 17.0. The number of hydrogen-bond donors (Lipinski definition) is 2. The van der Waals surface area contributed by atoms with E-state index in [1.807, 2.05) is 48.6 Å². The highest BCUT2D eigenvalue weighted by molar-refractivity contribution is 8.00. The van der Waals surface area contributed by atoms with Gasteiger partial charge in [0.1, 0.15) is 0 Å². The van der Waals surface area contributed by atoms with Gasteiger partial charge < -0.3 is 38.2 Å². The van der Waals surface area contributed by atoms with Crippen LogP contribution in [0.15, 0.2) is 47.4 Å². The molecule has 0 bridgehead atoms. The van der Waals surface area contributed by atoms with Crippen molar-refractivity contribution in [2.24, 2.45) is 0 Å². The molecule has 0 saturated carbocycles. The van der Waals surface area contributed by atoms with Crippen LogP contribution in [0.4, 0.5) is 5.69 Å². The van der Waals surface area contributed by atoms with Crippen LogP contribution in [-0.2, 0) is 0 Å². The van der Waals surface area contributed by atoms with Gasteiger partial charge in [-0.3, -0.25) is 0 Å². The Bertz CT molecular complexity index is 1170. The molecule has 0 aliphatic heterocycles. The highest BCUT2D eigenvalue weighted by Crippen LogP contribution is 2.42. The van der Waals surface area contributed by atoms with Crippen molar-refractivity contribution in [1.29, 1.82) is 0 Å². The molecule has 0 amide bonds. The molecule has 3 aromatic rings. The van der Waals surface area contributed by atoms with Crippen LogP contribution in [0.25, 0.3) is 12.2 Å². The molecule has 0 aromatic heterocycles. The van der Waals surface area contributed by atoms with E-state index in [4.69, 9.17) is 28.4 Å². The Morgan fingerprint density at radius 3 is 1.83 bits per heavy atom. The summed E-state index contributed by atoms with van der Waals surface area (Å²) in [6.45, 7) is 0. The van der Waals surface area contributed by atoms with E-state index < -0.39 is 0 Å². The monoisotopic (exact) mass is 499 g/mol. The summed E-state index contributed by atoms with van der Waals surface area (Å²) in [7, 11) is 9.37. The zero-order chi connectivity index (χ0) is 25.4. The Hall–Kier alpha value is -3.85. The quantitative estimate of drug-likeness (QED) is 0.195. The minimum Gasteiger partial charge on any atom is -0.503 e. The van der Waals surface area contributed by atoms with Gasteiger partial charge in [-0.05, 0) is 60.0 Å². The molecule has 0 radical (unpaired) electrons. The predicted octanol–water partition coefficient (Wildman–Crippen LogP) is 5.73. The molecule has 0 spiro atoms. The Labute approximate surface area is 209 Å². The zero-order valence-corrected chi connectivity index (χ0v) is 21.3. The molecule has 0 unspecified atom stereocenters. The van der Waals surface area contributed by atoms with Gasteiger partial charge in [-0.2, -0.15) is 0 Å². The van der Waals surface area contributed by atoms with Crippen LogP contribution >= 0.6 is 11.9 Å². The van der Waals surface area contributed by atoms with E-state index in [9.17, 15) is 5.11 Å². The first kappa shape index (κ1) is 25.8. The van der Waals surface area contributed by atoms with Crippen LogP contribution in [0.1, 0.15) is 11.1 Å². The lowest BCUT2D eigenvalue weighted by Gasteiger charge is -2.15. The van der Waals surface area contributed by atoms with Crippen LogP contribution in [0.5, 0.6) is 40.2 Å². The van der Waals surface area contributed by atoms with E-state index in [2.05, 4.69) is 4.72 Å². The molecule has 3 aromatic carbocycles. The maximum absolute atomic E-state index is 10.8. The van der Waals surface area contributed by atoms with Gasteiger partial charge in [0.2, 0.25) is 5.75 Å². The van der Waals surface area contributed by atoms with E-state index in [-0.39, 0.29) is 5.75 Å². The van der Waals surface area contributed by atoms with E-state index in [0.29, 0.717) is 40.2 Å². The van der Waals surface area contributed by atoms with Crippen LogP contribution in [0.3, 0.4) is 0 Å². The van der Waals surface area contributed by atoms with Crippen LogP contribution in [0.2, 0.25) is 0 Å². The van der Waals surface area contributed by atoms with Gasteiger partial charge in [0.05, 0.1) is 48.3 Å². The Balaban J connectivity index is 1.94. The molecular formula is C26H29NO7S. The third kappa shape index (κ3) is 5.81. The number of methoxy groups -OCH3 is 6. The summed E-state index contributed by atoms with van der Waals surface area (Å²) in [5.41, 5.74) is 2.06. The Morgan fingerprint density at radius 2 is 1.26 bits per heavy atom. The summed E-state index contributed by atoms with van der Waals surface area (Å²) >= 11 is 1.32. The number of nitrogens with one attached hydrogen (secondary N) is 1. The number of anilines is 1. The minimum absolute atomic E-state index is 0.00693. The van der Waals surface area contributed by atoms with Gasteiger partial charge in [-0.25, -0.2) is 0 Å². The van der Waals surface area contributed by atoms with E-state index in [1.54, 1.807) is 41.6 Å². The third-order valence-corrected chi connectivity index (χ3v) is 5.96. The molecule has 9 heteroatoms. The molecular weight excluding hydrogens is 470 g/mol. The van der Waals surface area contributed by atoms with Crippen molar-refractivity contribution in [3.05, 3.63) is 53.6 Å². The largest absolute Gasteiger partial charge is 0.503 e. The van der Waals surface area contributed by atoms with Gasteiger partial charge in [0, 0.05) is 10.5 Å². The topological polar surface area (TPSA) is 87.6 Å². The molecule has 186 valence electrons. The molecule has 0 aliphatic carbocycles. The Kier molecular flexibility index (Phi) is 8.86. The van der Waals surface area contributed by atoms with Crippen molar-refractivity contribution >= 4 is 29.8 Å². The molecule has 3 rings (SSSR count). The van der Waals surface area contributed by atoms with Gasteiger partial charge in [0.25, 0.3) is 0 Å². The van der Waals surface area contributed by atoms with Gasteiger partial charge >= 0.3 is 0 Å². The number of rotatable bonds is 11. The lowest BCUT2D eigenvalue weighted by atomic mass is 10.1.